The Morgan fingerprint density at radius 1 is 0.692 bits per heavy atom. The number of carbonyl (C=O) groups is 4. The van der Waals surface area contributed by atoms with E-state index in [-0.39, 0.29) is 0 Å². The van der Waals surface area contributed by atoms with Crippen molar-refractivity contribution < 1.29 is 28.7 Å². The molecule has 0 saturated carbocycles. The fourth-order valence-corrected chi connectivity index (χ4v) is 1.81. The number of unbranched alkanes of at least 4 members (excludes halogenated alkanes) is 2. The van der Waals surface area contributed by atoms with E-state index in [2.05, 4.69) is 9.47 Å². The summed E-state index contributed by atoms with van der Waals surface area (Å²) in [6, 6.07) is -1.92. The molecule has 0 fully saturated rings. The van der Waals surface area contributed by atoms with Crippen LogP contribution >= 0.6 is 0 Å². The average molecular weight is 372 g/mol. The van der Waals surface area contributed by atoms with Crippen LogP contribution in [0.5, 0.6) is 0 Å². The minimum Gasteiger partial charge on any atom is -0.389 e. The second-order valence-electron chi connectivity index (χ2n) is 5.60. The minimum atomic E-state index is -1.10. The number of hydrogen-bond donors (Lipinski definition) is 4. The first-order valence-corrected chi connectivity index (χ1v) is 8.42. The van der Waals surface area contributed by atoms with Gasteiger partial charge in [0.1, 0.15) is 12.1 Å². The van der Waals surface area contributed by atoms with Gasteiger partial charge >= 0.3 is 23.9 Å². The molecule has 0 amide bonds. The molecule has 0 aliphatic rings. The Morgan fingerprint density at radius 3 is 1.35 bits per heavy atom. The maximum absolute atomic E-state index is 11.6. The lowest BCUT2D eigenvalue weighted by Gasteiger charge is -2.09. The largest absolute Gasteiger partial charge is 0.389 e. The SMILES string of the molecule is NCCCC[C@H](N)C(=O)OC(=O)C=CC(=O)OC(=O)[C@@H](N)CCCCN. The van der Waals surface area contributed by atoms with Gasteiger partial charge in [0.05, 0.1) is 0 Å². The Morgan fingerprint density at radius 2 is 1.04 bits per heavy atom. The summed E-state index contributed by atoms with van der Waals surface area (Å²) in [6.45, 7) is 0.946. The molecule has 2 atom stereocenters. The summed E-state index contributed by atoms with van der Waals surface area (Å²) < 4.78 is 8.92. The molecule has 10 nitrogen and oxygen atoms in total. The van der Waals surface area contributed by atoms with Crippen molar-refractivity contribution in [1.29, 1.82) is 0 Å². The first-order chi connectivity index (χ1) is 12.3. The number of rotatable bonds is 12. The molecule has 0 saturated heterocycles. The van der Waals surface area contributed by atoms with Gasteiger partial charge in [-0.3, -0.25) is 0 Å². The van der Waals surface area contributed by atoms with Crippen LogP contribution in [0.15, 0.2) is 12.2 Å². The second-order valence-corrected chi connectivity index (χ2v) is 5.60. The van der Waals surface area contributed by atoms with Crippen molar-refractivity contribution in [2.75, 3.05) is 13.1 Å². The smallest absolute Gasteiger partial charge is 0.338 e. The van der Waals surface area contributed by atoms with Crippen molar-refractivity contribution >= 4 is 23.9 Å². The van der Waals surface area contributed by atoms with Crippen molar-refractivity contribution in [2.24, 2.45) is 22.9 Å². The van der Waals surface area contributed by atoms with Gasteiger partial charge in [0, 0.05) is 12.2 Å². The zero-order valence-corrected chi connectivity index (χ0v) is 14.7. The fourth-order valence-electron chi connectivity index (χ4n) is 1.81. The molecular weight excluding hydrogens is 344 g/mol. The van der Waals surface area contributed by atoms with E-state index in [0.717, 1.165) is 0 Å². The van der Waals surface area contributed by atoms with Crippen molar-refractivity contribution in [2.45, 2.75) is 50.6 Å². The van der Waals surface area contributed by atoms with E-state index in [1.165, 1.54) is 0 Å². The molecule has 0 spiro atoms. The van der Waals surface area contributed by atoms with Crippen LogP contribution in [0.3, 0.4) is 0 Å². The normalized spacial score (nSPS) is 13.2. The highest BCUT2D eigenvalue weighted by atomic mass is 16.6. The summed E-state index contributed by atoms with van der Waals surface area (Å²) in [5.41, 5.74) is 21.8. The van der Waals surface area contributed by atoms with Crippen LogP contribution in [0.4, 0.5) is 0 Å². The summed E-state index contributed by atoms with van der Waals surface area (Å²) in [6.07, 6.45) is 4.62. The number of carbonyl (C=O) groups excluding carboxylic acids is 4. The van der Waals surface area contributed by atoms with Crippen LogP contribution in [0.2, 0.25) is 0 Å². The highest BCUT2D eigenvalue weighted by Gasteiger charge is 2.19. The average Bonchev–Trinajstić information content (AvgIpc) is 2.60. The van der Waals surface area contributed by atoms with E-state index >= 15 is 0 Å². The first-order valence-electron chi connectivity index (χ1n) is 8.42. The number of esters is 4. The molecular formula is C16H28N4O6. The maximum atomic E-state index is 11.6. The molecule has 0 aliphatic carbocycles. The van der Waals surface area contributed by atoms with Crippen LogP contribution in [0.25, 0.3) is 0 Å². The summed E-state index contributed by atoms with van der Waals surface area (Å²) in [4.78, 5) is 46.0. The molecule has 0 heterocycles. The molecule has 0 radical (unpaired) electrons. The highest BCUT2D eigenvalue weighted by molar-refractivity contribution is 6.00. The van der Waals surface area contributed by atoms with E-state index in [0.29, 0.717) is 63.8 Å². The van der Waals surface area contributed by atoms with E-state index in [1.54, 1.807) is 0 Å². The minimum absolute atomic E-state index is 0.325. The lowest BCUT2D eigenvalue weighted by Crippen LogP contribution is -2.34. The number of ether oxygens (including phenoxy) is 2. The monoisotopic (exact) mass is 372 g/mol. The number of nitrogens with two attached hydrogens (primary N) is 4. The van der Waals surface area contributed by atoms with Gasteiger partial charge in [0.15, 0.2) is 0 Å². The third-order valence-corrected chi connectivity index (χ3v) is 3.30. The summed E-state index contributed by atoms with van der Waals surface area (Å²) in [5, 5.41) is 0. The van der Waals surface area contributed by atoms with Gasteiger partial charge in [0.25, 0.3) is 0 Å². The van der Waals surface area contributed by atoms with Gasteiger partial charge in [0.2, 0.25) is 0 Å². The molecule has 0 aromatic rings. The summed E-state index contributed by atoms with van der Waals surface area (Å²) >= 11 is 0. The van der Waals surface area contributed by atoms with E-state index < -0.39 is 36.0 Å². The lowest BCUT2D eigenvalue weighted by atomic mass is 10.1. The van der Waals surface area contributed by atoms with E-state index in [1.807, 2.05) is 0 Å². The summed E-state index contributed by atoms with van der Waals surface area (Å²) in [5.74, 6) is -4.02. The van der Waals surface area contributed by atoms with Crippen LogP contribution in [0.1, 0.15) is 38.5 Å². The van der Waals surface area contributed by atoms with Gasteiger partial charge in [-0.2, -0.15) is 0 Å². The molecule has 148 valence electrons. The van der Waals surface area contributed by atoms with Gasteiger partial charge in [-0.15, -0.1) is 0 Å². The Labute approximate surface area is 152 Å². The molecule has 0 aromatic carbocycles. The van der Waals surface area contributed by atoms with Crippen molar-refractivity contribution in [3.05, 3.63) is 12.2 Å². The molecule has 0 unspecified atom stereocenters. The third kappa shape index (κ3) is 11.4. The molecule has 0 rings (SSSR count). The molecule has 8 N–H and O–H groups in total. The topological polar surface area (TPSA) is 191 Å². The Balaban J connectivity index is 4.23. The predicted octanol–water partition coefficient (Wildman–Crippen LogP) is -1.41. The predicted molar refractivity (Wildman–Crippen MR) is 93.1 cm³/mol. The van der Waals surface area contributed by atoms with Crippen molar-refractivity contribution in [3.63, 3.8) is 0 Å². The summed E-state index contributed by atoms with van der Waals surface area (Å²) in [7, 11) is 0. The van der Waals surface area contributed by atoms with Crippen molar-refractivity contribution in [1.82, 2.24) is 0 Å². The quantitative estimate of drug-likeness (QED) is 0.137. The van der Waals surface area contributed by atoms with Crippen molar-refractivity contribution in [3.8, 4) is 0 Å². The van der Waals surface area contributed by atoms with E-state index in [4.69, 9.17) is 22.9 Å². The number of hydrogen-bond acceptors (Lipinski definition) is 10. The lowest BCUT2D eigenvalue weighted by molar-refractivity contribution is -0.160. The van der Waals surface area contributed by atoms with Gasteiger partial charge in [-0.05, 0) is 38.8 Å². The van der Waals surface area contributed by atoms with Crippen LogP contribution in [-0.2, 0) is 28.7 Å². The molecule has 0 aromatic heterocycles. The fraction of sp³-hybridized carbons (Fsp3) is 0.625. The Hall–Kier alpha value is -2.14. The van der Waals surface area contributed by atoms with Gasteiger partial charge in [-0.1, -0.05) is 12.8 Å². The molecule has 26 heavy (non-hydrogen) atoms. The van der Waals surface area contributed by atoms with Crippen LogP contribution < -0.4 is 22.9 Å². The zero-order chi connectivity index (χ0) is 19.9. The zero-order valence-electron chi connectivity index (χ0n) is 14.7. The second kappa shape index (κ2) is 14.1. The highest BCUT2D eigenvalue weighted by Crippen LogP contribution is 2.02. The molecule has 10 heteroatoms. The Kier molecular flexibility index (Phi) is 12.9. The van der Waals surface area contributed by atoms with Crippen LogP contribution in [0, 0.1) is 0 Å². The van der Waals surface area contributed by atoms with Gasteiger partial charge in [-0.25, -0.2) is 19.2 Å². The molecule has 0 bridgehead atoms. The van der Waals surface area contributed by atoms with Crippen LogP contribution in [-0.4, -0.2) is 49.1 Å². The third-order valence-electron chi connectivity index (χ3n) is 3.30. The molecule has 0 aliphatic heterocycles. The first kappa shape index (κ1) is 23.9. The standard InChI is InChI=1S/C16H28N4O6/c17-9-3-1-5-11(19)15(23)25-13(21)7-8-14(22)26-16(24)12(20)6-2-4-10-18/h7-8,11-12H,1-6,9-10,17-20H2/t11-,12-/m0/s1. The van der Waals surface area contributed by atoms with Gasteiger partial charge < -0.3 is 32.4 Å². The Bertz CT molecular complexity index is 465. The maximum Gasteiger partial charge on any atom is 0.338 e. The van der Waals surface area contributed by atoms with E-state index in [9.17, 15) is 19.2 Å².